The summed E-state index contributed by atoms with van der Waals surface area (Å²) >= 11 is 0. The van der Waals surface area contributed by atoms with Gasteiger partial charge in [0.15, 0.2) is 5.82 Å². The van der Waals surface area contributed by atoms with Crippen molar-refractivity contribution in [3.63, 3.8) is 0 Å². The maximum absolute atomic E-state index is 13.2. The Morgan fingerprint density at radius 2 is 2.00 bits per heavy atom. The topological polar surface area (TPSA) is 55.1 Å². The van der Waals surface area contributed by atoms with Crippen molar-refractivity contribution in [2.24, 2.45) is 0 Å². The number of nitrogens with one attached hydrogen (secondary N) is 1. The van der Waals surface area contributed by atoms with Gasteiger partial charge >= 0.3 is 0 Å². The van der Waals surface area contributed by atoms with Crippen LogP contribution in [0.5, 0.6) is 0 Å². The molecular formula is C9H8F4N2O. The molecule has 0 aliphatic heterocycles. The summed E-state index contributed by atoms with van der Waals surface area (Å²) in [4.78, 5) is 11.2. The first-order valence-electron chi connectivity index (χ1n) is 4.23. The van der Waals surface area contributed by atoms with Crippen molar-refractivity contribution in [3.05, 3.63) is 29.3 Å². The highest BCUT2D eigenvalue weighted by molar-refractivity contribution is 5.95. The lowest BCUT2D eigenvalue weighted by molar-refractivity contribution is 0.0883. The number of hydrogen-bond acceptors (Lipinski definition) is 2. The zero-order valence-electron chi connectivity index (χ0n) is 7.94. The molecule has 1 rings (SSSR count). The van der Waals surface area contributed by atoms with Crippen molar-refractivity contribution in [2.75, 3.05) is 12.3 Å². The molecule has 0 saturated carbocycles. The zero-order chi connectivity index (χ0) is 12.3. The number of anilines is 1. The fraction of sp³-hybridized carbons (Fsp3) is 0.222. The molecule has 3 nitrogen and oxygen atoms in total. The average Bonchev–Trinajstić information content (AvgIpc) is 2.21. The van der Waals surface area contributed by atoms with E-state index in [1.165, 1.54) is 0 Å². The molecule has 0 atom stereocenters. The molecule has 0 heterocycles. The van der Waals surface area contributed by atoms with Gasteiger partial charge in [0.25, 0.3) is 12.3 Å². The van der Waals surface area contributed by atoms with E-state index in [-0.39, 0.29) is 0 Å². The van der Waals surface area contributed by atoms with Crippen LogP contribution in [0, 0.1) is 11.6 Å². The molecule has 0 aliphatic rings. The van der Waals surface area contributed by atoms with Crippen molar-refractivity contribution in [1.82, 2.24) is 5.32 Å². The van der Waals surface area contributed by atoms with E-state index < -0.39 is 41.8 Å². The van der Waals surface area contributed by atoms with E-state index >= 15 is 0 Å². The number of carbonyl (C=O) groups excluding carboxylic acids is 1. The summed E-state index contributed by atoms with van der Waals surface area (Å²) in [6, 6.07) is 1.73. The van der Waals surface area contributed by atoms with Gasteiger partial charge < -0.3 is 11.1 Å². The monoisotopic (exact) mass is 236 g/mol. The summed E-state index contributed by atoms with van der Waals surface area (Å²) in [6.07, 6.45) is -2.80. The molecule has 0 unspecified atom stereocenters. The van der Waals surface area contributed by atoms with Gasteiger partial charge in [0.1, 0.15) is 11.4 Å². The molecule has 0 radical (unpaired) electrons. The third-order valence-electron chi connectivity index (χ3n) is 1.76. The Kier molecular flexibility index (Phi) is 3.70. The molecular weight excluding hydrogens is 228 g/mol. The first-order chi connectivity index (χ1) is 7.43. The zero-order valence-corrected chi connectivity index (χ0v) is 7.94. The predicted octanol–water partition coefficient (Wildman–Crippen LogP) is 1.54. The van der Waals surface area contributed by atoms with E-state index in [0.29, 0.717) is 0 Å². The van der Waals surface area contributed by atoms with Crippen LogP contribution in [0.4, 0.5) is 23.2 Å². The van der Waals surface area contributed by atoms with Gasteiger partial charge in [0, 0.05) is 0 Å². The maximum Gasteiger partial charge on any atom is 0.257 e. The van der Waals surface area contributed by atoms with Crippen LogP contribution in [0.3, 0.4) is 0 Å². The van der Waals surface area contributed by atoms with Crippen LogP contribution in [-0.2, 0) is 0 Å². The van der Waals surface area contributed by atoms with Crippen LogP contribution in [0.2, 0.25) is 0 Å². The number of hydrogen-bond donors (Lipinski definition) is 2. The fourth-order valence-corrected chi connectivity index (χ4v) is 1.03. The van der Waals surface area contributed by atoms with E-state index in [2.05, 4.69) is 0 Å². The van der Waals surface area contributed by atoms with Crippen molar-refractivity contribution < 1.29 is 22.4 Å². The standard InChI is InChI=1S/C9H8F4N2O/c10-4-1-2-5(14)8(13)7(4)9(16)15-3-6(11)12/h1-2,6H,3,14H2,(H,15,16). The number of nitrogens with two attached hydrogens (primary N) is 1. The minimum Gasteiger partial charge on any atom is -0.396 e. The number of halogens is 4. The normalized spacial score (nSPS) is 10.6. The van der Waals surface area contributed by atoms with Crippen molar-refractivity contribution in [3.8, 4) is 0 Å². The van der Waals surface area contributed by atoms with Crippen LogP contribution in [0.15, 0.2) is 12.1 Å². The maximum atomic E-state index is 13.2. The summed E-state index contributed by atoms with van der Waals surface area (Å²) in [7, 11) is 0. The first-order valence-corrected chi connectivity index (χ1v) is 4.23. The highest BCUT2D eigenvalue weighted by Crippen LogP contribution is 2.18. The van der Waals surface area contributed by atoms with Gasteiger partial charge in [-0.25, -0.2) is 17.6 Å². The molecule has 0 fully saturated rings. The van der Waals surface area contributed by atoms with Gasteiger partial charge in [-0.2, -0.15) is 0 Å². The van der Waals surface area contributed by atoms with E-state index in [0.717, 1.165) is 12.1 Å². The predicted molar refractivity (Wildman–Crippen MR) is 49.1 cm³/mol. The molecule has 1 aromatic carbocycles. The van der Waals surface area contributed by atoms with Gasteiger partial charge in [0.2, 0.25) is 0 Å². The summed E-state index contributed by atoms with van der Waals surface area (Å²) in [6.45, 7) is -0.980. The lowest BCUT2D eigenvalue weighted by Crippen LogP contribution is -2.30. The van der Waals surface area contributed by atoms with Crippen LogP contribution >= 0.6 is 0 Å². The molecule has 1 aromatic rings. The third-order valence-corrected chi connectivity index (χ3v) is 1.76. The smallest absolute Gasteiger partial charge is 0.257 e. The molecule has 0 bridgehead atoms. The Hall–Kier alpha value is -1.79. The number of rotatable bonds is 3. The number of benzene rings is 1. The average molecular weight is 236 g/mol. The quantitative estimate of drug-likeness (QED) is 0.617. The molecule has 3 N–H and O–H groups in total. The van der Waals surface area contributed by atoms with Crippen LogP contribution in [0.1, 0.15) is 10.4 Å². The fourth-order valence-electron chi connectivity index (χ4n) is 1.03. The number of alkyl halides is 2. The second kappa shape index (κ2) is 4.82. The van der Waals surface area contributed by atoms with Gasteiger partial charge in [-0.15, -0.1) is 0 Å². The van der Waals surface area contributed by atoms with Gasteiger partial charge in [0.05, 0.1) is 12.2 Å². The molecule has 0 spiro atoms. The number of nitrogen functional groups attached to an aromatic ring is 1. The number of amides is 1. The van der Waals surface area contributed by atoms with Crippen LogP contribution in [-0.4, -0.2) is 18.9 Å². The van der Waals surface area contributed by atoms with E-state index in [1.54, 1.807) is 5.32 Å². The Bertz CT molecular complexity index is 409. The highest BCUT2D eigenvalue weighted by atomic mass is 19.3. The molecule has 1 amide bonds. The second-order valence-electron chi connectivity index (χ2n) is 2.93. The van der Waals surface area contributed by atoms with Gasteiger partial charge in [-0.05, 0) is 12.1 Å². The SMILES string of the molecule is Nc1ccc(F)c(C(=O)NCC(F)F)c1F. The Balaban J connectivity index is 2.95. The van der Waals surface area contributed by atoms with Gasteiger partial charge in [-0.1, -0.05) is 0 Å². The van der Waals surface area contributed by atoms with Crippen LogP contribution in [0.25, 0.3) is 0 Å². The van der Waals surface area contributed by atoms with Crippen molar-refractivity contribution in [1.29, 1.82) is 0 Å². The second-order valence-corrected chi connectivity index (χ2v) is 2.93. The summed E-state index contributed by atoms with van der Waals surface area (Å²) in [5.74, 6) is -3.67. The molecule has 88 valence electrons. The third kappa shape index (κ3) is 2.62. The Morgan fingerprint density at radius 3 is 2.56 bits per heavy atom. The lowest BCUT2D eigenvalue weighted by Gasteiger charge is -2.07. The summed E-state index contributed by atoms with van der Waals surface area (Å²) < 4.78 is 49.8. The van der Waals surface area contributed by atoms with Crippen molar-refractivity contribution >= 4 is 11.6 Å². The van der Waals surface area contributed by atoms with Gasteiger partial charge in [-0.3, -0.25) is 4.79 Å². The molecule has 0 saturated heterocycles. The molecule has 0 aromatic heterocycles. The largest absolute Gasteiger partial charge is 0.396 e. The highest BCUT2D eigenvalue weighted by Gasteiger charge is 2.20. The van der Waals surface area contributed by atoms with E-state index in [9.17, 15) is 22.4 Å². The molecule has 7 heteroatoms. The lowest BCUT2D eigenvalue weighted by atomic mass is 10.1. The van der Waals surface area contributed by atoms with E-state index in [4.69, 9.17) is 5.73 Å². The number of carbonyl (C=O) groups is 1. The molecule has 16 heavy (non-hydrogen) atoms. The minimum absolute atomic E-state index is 0.427. The minimum atomic E-state index is -2.80. The summed E-state index contributed by atoms with van der Waals surface area (Å²) in [5.41, 5.74) is 3.73. The Labute approximate surface area is 88.2 Å². The van der Waals surface area contributed by atoms with Crippen LogP contribution < -0.4 is 11.1 Å². The Morgan fingerprint density at radius 1 is 1.38 bits per heavy atom. The van der Waals surface area contributed by atoms with Crippen molar-refractivity contribution in [2.45, 2.75) is 6.43 Å². The first kappa shape index (κ1) is 12.3. The van der Waals surface area contributed by atoms with E-state index in [1.807, 2.05) is 0 Å². The summed E-state index contributed by atoms with van der Waals surface area (Å²) in [5, 5.41) is 1.68. The molecule has 0 aliphatic carbocycles.